The number of amides is 1. The van der Waals surface area contributed by atoms with Crippen LogP contribution in [0.15, 0.2) is 108 Å². The maximum atomic E-state index is 13.5. The van der Waals surface area contributed by atoms with E-state index in [-0.39, 0.29) is 16.9 Å². The molecule has 196 valence electrons. The van der Waals surface area contributed by atoms with Crippen LogP contribution in [0.3, 0.4) is 0 Å². The number of ketones is 1. The van der Waals surface area contributed by atoms with Crippen LogP contribution in [0.5, 0.6) is 0 Å². The number of non-ortho nitro benzene ring substituents is 1. The molecule has 2 atom stereocenters. The van der Waals surface area contributed by atoms with Gasteiger partial charge in [-0.2, -0.15) is 0 Å². The lowest BCUT2D eigenvalue weighted by Crippen LogP contribution is -2.31. The zero-order valence-electron chi connectivity index (χ0n) is 20.1. The van der Waals surface area contributed by atoms with Crippen molar-refractivity contribution < 1.29 is 24.0 Å². The number of halogens is 2. The molecule has 10 heteroatoms. The van der Waals surface area contributed by atoms with Crippen molar-refractivity contribution in [2.45, 2.75) is 10.9 Å². The highest BCUT2D eigenvalue weighted by atomic mass is 79.9. The molecule has 8 nitrogen and oxygen atoms in total. The van der Waals surface area contributed by atoms with Crippen LogP contribution in [-0.4, -0.2) is 28.7 Å². The van der Waals surface area contributed by atoms with Crippen LogP contribution in [0.1, 0.15) is 41.5 Å². The van der Waals surface area contributed by atoms with Gasteiger partial charge in [-0.25, -0.2) is 4.79 Å². The molecule has 39 heavy (non-hydrogen) atoms. The van der Waals surface area contributed by atoms with E-state index in [1.165, 1.54) is 24.3 Å². The van der Waals surface area contributed by atoms with Crippen LogP contribution in [0, 0.1) is 10.1 Å². The molecule has 1 amide bonds. The molecule has 0 aliphatic heterocycles. The van der Waals surface area contributed by atoms with Crippen molar-refractivity contribution in [1.29, 1.82) is 0 Å². The normalized spacial score (nSPS) is 12.2. The third-order valence-corrected chi connectivity index (χ3v) is 7.26. The van der Waals surface area contributed by atoms with Gasteiger partial charge < -0.3 is 10.1 Å². The summed E-state index contributed by atoms with van der Waals surface area (Å²) in [6, 6.07) is 27.0. The standard InChI is InChI=1S/C29H20Br2N2O6/c30-21-15-13-19(14-16-21)28(35)32-24-12-5-4-11-23(24)29(36)39-27(26(34)18-7-2-1-3-8-18)25(31)20-9-6-10-22(17-20)33(37)38/h1-17,25,27H,(H,32,35)/t25-,27+/m1/s1. The van der Waals surface area contributed by atoms with E-state index in [9.17, 15) is 24.5 Å². The number of nitrogens with one attached hydrogen (secondary N) is 1. The lowest BCUT2D eigenvalue weighted by atomic mass is 9.99. The summed E-state index contributed by atoms with van der Waals surface area (Å²) in [5, 5.41) is 14.0. The molecule has 4 aromatic rings. The molecule has 0 spiro atoms. The van der Waals surface area contributed by atoms with E-state index in [1.54, 1.807) is 78.9 Å². The predicted octanol–water partition coefficient (Wildman–Crippen LogP) is 7.15. The number of hydrogen-bond donors (Lipinski definition) is 1. The molecule has 0 aliphatic carbocycles. The van der Waals surface area contributed by atoms with Gasteiger partial charge >= 0.3 is 5.97 Å². The summed E-state index contributed by atoms with van der Waals surface area (Å²) in [5.41, 5.74) is 1.11. The highest BCUT2D eigenvalue weighted by Gasteiger charge is 2.34. The summed E-state index contributed by atoms with van der Waals surface area (Å²) in [6.45, 7) is 0. The number of anilines is 1. The van der Waals surface area contributed by atoms with E-state index < -0.39 is 33.5 Å². The Morgan fingerprint density at radius 1 is 0.821 bits per heavy atom. The fourth-order valence-corrected chi connectivity index (χ4v) is 4.64. The number of hydrogen-bond acceptors (Lipinski definition) is 6. The highest BCUT2D eigenvalue weighted by molar-refractivity contribution is 9.10. The molecule has 0 aliphatic rings. The second kappa shape index (κ2) is 12.6. The van der Waals surface area contributed by atoms with Crippen molar-refractivity contribution in [1.82, 2.24) is 0 Å². The van der Waals surface area contributed by atoms with Crippen LogP contribution in [-0.2, 0) is 4.74 Å². The zero-order valence-corrected chi connectivity index (χ0v) is 23.3. The predicted molar refractivity (Wildman–Crippen MR) is 153 cm³/mol. The fraction of sp³-hybridized carbons (Fsp3) is 0.0690. The number of alkyl halides is 1. The minimum Gasteiger partial charge on any atom is -0.449 e. The molecular formula is C29H20Br2N2O6. The first-order valence-corrected chi connectivity index (χ1v) is 13.3. The molecule has 0 radical (unpaired) electrons. The maximum Gasteiger partial charge on any atom is 0.341 e. The largest absolute Gasteiger partial charge is 0.449 e. The second-order valence-corrected chi connectivity index (χ2v) is 10.2. The Balaban J connectivity index is 1.64. The van der Waals surface area contributed by atoms with Crippen LogP contribution in [0.2, 0.25) is 0 Å². The summed E-state index contributed by atoms with van der Waals surface area (Å²) < 4.78 is 6.56. The topological polar surface area (TPSA) is 116 Å². The van der Waals surface area contributed by atoms with Gasteiger partial charge in [0.05, 0.1) is 21.0 Å². The molecule has 0 heterocycles. The first-order valence-electron chi connectivity index (χ1n) is 11.6. The first-order chi connectivity index (χ1) is 18.7. The van der Waals surface area contributed by atoms with Crippen molar-refractivity contribution in [2.24, 2.45) is 0 Å². The fourth-order valence-electron chi connectivity index (χ4n) is 3.74. The van der Waals surface area contributed by atoms with Crippen LogP contribution in [0.4, 0.5) is 11.4 Å². The Hall–Kier alpha value is -4.15. The van der Waals surface area contributed by atoms with Crippen molar-refractivity contribution in [2.75, 3.05) is 5.32 Å². The Morgan fingerprint density at radius 3 is 2.18 bits per heavy atom. The number of esters is 1. The van der Waals surface area contributed by atoms with Crippen molar-refractivity contribution in [3.63, 3.8) is 0 Å². The number of carbonyl (C=O) groups is 3. The number of rotatable bonds is 9. The third-order valence-electron chi connectivity index (χ3n) is 5.72. The van der Waals surface area contributed by atoms with Gasteiger partial charge in [-0.3, -0.25) is 19.7 Å². The molecule has 0 aromatic heterocycles. The number of nitro groups is 1. The number of carbonyl (C=O) groups excluding carboxylic acids is 3. The minimum absolute atomic E-state index is 0.0348. The van der Waals surface area contributed by atoms with Crippen LogP contribution < -0.4 is 5.32 Å². The molecule has 4 rings (SSSR count). The van der Waals surface area contributed by atoms with E-state index in [0.29, 0.717) is 16.7 Å². The van der Waals surface area contributed by atoms with Gasteiger partial charge in [-0.1, -0.05) is 86.5 Å². The molecule has 0 fully saturated rings. The SMILES string of the molecule is O=C(Nc1ccccc1C(=O)O[C@H](C(=O)c1ccccc1)[C@H](Br)c1cccc([N+](=O)[O-])c1)c1ccc(Br)cc1. The number of nitro benzene ring substituents is 1. The van der Waals surface area contributed by atoms with E-state index >= 15 is 0 Å². The van der Waals surface area contributed by atoms with Crippen molar-refractivity contribution in [3.8, 4) is 0 Å². The lowest BCUT2D eigenvalue weighted by Gasteiger charge is -2.23. The zero-order chi connectivity index (χ0) is 27.9. The summed E-state index contributed by atoms with van der Waals surface area (Å²) in [4.78, 5) is 49.6. The average Bonchev–Trinajstić information content (AvgIpc) is 2.96. The number of ether oxygens (including phenoxy) is 1. The number of nitrogens with zero attached hydrogens (tertiary/aromatic N) is 1. The number of para-hydroxylation sites is 1. The maximum absolute atomic E-state index is 13.5. The lowest BCUT2D eigenvalue weighted by molar-refractivity contribution is -0.384. The highest BCUT2D eigenvalue weighted by Crippen LogP contribution is 2.33. The smallest absolute Gasteiger partial charge is 0.341 e. The average molecular weight is 652 g/mol. The van der Waals surface area contributed by atoms with Gasteiger partial charge in [0, 0.05) is 27.7 Å². The van der Waals surface area contributed by atoms with Gasteiger partial charge in [-0.05, 0) is 42.0 Å². The van der Waals surface area contributed by atoms with E-state index in [2.05, 4.69) is 37.2 Å². The first kappa shape index (κ1) is 27.9. The molecule has 1 N–H and O–H groups in total. The second-order valence-electron chi connectivity index (χ2n) is 8.32. The molecular weight excluding hydrogens is 632 g/mol. The van der Waals surface area contributed by atoms with Gasteiger partial charge in [0.15, 0.2) is 6.10 Å². The number of benzene rings is 4. The van der Waals surface area contributed by atoms with Crippen LogP contribution in [0.25, 0.3) is 0 Å². The van der Waals surface area contributed by atoms with E-state index in [1.807, 2.05) is 0 Å². The molecule has 4 aromatic carbocycles. The van der Waals surface area contributed by atoms with Gasteiger partial charge in [-0.15, -0.1) is 0 Å². The summed E-state index contributed by atoms with van der Waals surface area (Å²) in [5.74, 6) is -1.80. The molecule has 0 unspecified atom stereocenters. The summed E-state index contributed by atoms with van der Waals surface area (Å²) >= 11 is 6.76. The Bertz CT molecular complexity index is 1530. The number of Topliss-reactive ketones (excluding diaryl/α,β-unsaturated/α-hetero) is 1. The summed E-state index contributed by atoms with van der Waals surface area (Å²) in [6.07, 6.45) is -1.38. The Morgan fingerprint density at radius 2 is 1.49 bits per heavy atom. The van der Waals surface area contributed by atoms with Crippen molar-refractivity contribution in [3.05, 3.63) is 140 Å². The Labute approximate surface area is 240 Å². The molecule has 0 bridgehead atoms. The molecule has 0 saturated heterocycles. The van der Waals surface area contributed by atoms with Crippen molar-refractivity contribution >= 4 is 60.9 Å². The van der Waals surface area contributed by atoms with E-state index in [4.69, 9.17) is 4.74 Å². The summed E-state index contributed by atoms with van der Waals surface area (Å²) in [7, 11) is 0. The Kier molecular flexibility index (Phi) is 9.00. The molecule has 0 saturated carbocycles. The van der Waals surface area contributed by atoms with Gasteiger partial charge in [0.2, 0.25) is 5.78 Å². The minimum atomic E-state index is -1.38. The quantitative estimate of drug-likeness (QED) is 0.0675. The van der Waals surface area contributed by atoms with Crippen LogP contribution >= 0.6 is 31.9 Å². The van der Waals surface area contributed by atoms with Gasteiger partial charge in [0.1, 0.15) is 0 Å². The third kappa shape index (κ3) is 6.84. The van der Waals surface area contributed by atoms with Gasteiger partial charge in [0.25, 0.3) is 11.6 Å². The monoisotopic (exact) mass is 650 g/mol. The van der Waals surface area contributed by atoms with E-state index in [0.717, 1.165) is 4.47 Å².